The molecular weight excluding hydrogens is 426 g/mol. The lowest BCUT2D eigenvalue weighted by Crippen LogP contribution is -2.20. The number of rotatable bonds is 8. The van der Waals surface area contributed by atoms with Gasteiger partial charge >= 0.3 is 0 Å². The third-order valence-corrected chi connectivity index (χ3v) is 6.31. The average Bonchev–Trinajstić information content (AvgIpc) is 3.04. The van der Waals surface area contributed by atoms with E-state index < -0.39 is 10.0 Å². The number of aromatic nitrogens is 1. The van der Waals surface area contributed by atoms with Crippen LogP contribution in [0.1, 0.15) is 12.5 Å². The maximum absolute atomic E-state index is 12.6. The molecular formula is C20H23N3O5S2. The summed E-state index contributed by atoms with van der Waals surface area (Å²) in [6, 6.07) is 11.9. The summed E-state index contributed by atoms with van der Waals surface area (Å²) >= 11 is 1.23. The lowest BCUT2D eigenvalue weighted by atomic mass is 10.1. The summed E-state index contributed by atoms with van der Waals surface area (Å²) in [5.74, 6) is 0.358. The number of nitrogens with two attached hydrogens (primary N) is 1. The summed E-state index contributed by atoms with van der Waals surface area (Å²) < 4.78 is 36.5. The smallest absolute Gasteiger partial charge is 0.252 e. The molecule has 2 aromatic carbocycles. The van der Waals surface area contributed by atoms with Gasteiger partial charge in [0.2, 0.25) is 10.0 Å². The fourth-order valence-electron chi connectivity index (χ4n) is 2.94. The predicted octanol–water partition coefficient (Wildman–Crippen LogP) is 2.07. The normalized spacial score (nSPS) is 12.4. The van der Waals surface area contributed by atoms with Gasteiger partial charge in [0.25, 0.3) is 5.91 Å². The Bertz CT molecular complexity index is 1230. The number of nitrogens with zero attached hydrogens (tertiary/aromatic N) is 2. The van der Waals surface area contributed by atoms with Crippen molar-refractivity contribution in [2.24, 2.45) is 10.1 Å². The van der Waals surface area contributed by atoms with Crippen LogP contribution in [-0.2, 0) is 32.5 Å². The van der Waals surface area contributed by atoms with E-state index in [0.29, 0.717) is 35.0 Å². The maximum Gasteiger partial charge on any atom is 0.252 e. The lowest BCUT2D eigenvalue weighted by molar-refractivity contribution is -0.117. The monoisotopic (exact) mass is 449 g/mol. The van der Waals surface area contributed by atoms with Crippen molar-refractivity contribution in [1.82, 2.24) is 4.57 Å². The van der Waals surface area contributed by atoms with E-state index in [4.69, 9.17) is 14.6 Å². The Hall–Kier alpha value is -2.53. The summed E-state index contributed by atoms with van der Waals surface area (Å²) in [5, 5.41) is 5.24. The van der Waals surface area contributed by atoms with Gasteiger partial charge in [0, 0.05) is 13.2 Å². The summed E-state index contributed by atoms with van der Waals surface area (Å²) in [6.45, 7) is 3.39. The minimum absolute atomic E-state index is 0.0162. The molecule has 0 aliphatic rings. The van der Waals surface area contributed by atoms with E-state index in [1.54, 1.807) is 19.2 Å². The van der Waals surface area contributed by atoms with Crippen molar-refractivity contribution in [1.29, 1.82) is 0 Å². The van der Waals surface area contributed by atoms with Gasteiger partial charge in [0.05, 0.1) is 35.2 Å². The van der Waals surface area contributed by atoms with Gasteiger partial charge in [0.1, 0.15) is 5.75 Å². The molecule has 0 atom stereocenters. The van der Waals surface area contributed by atoms with Crippen LogP contribution in [-0.4, -0.2) is 39.2 Å². The second kappa shape index (κ2) is 9.52. The van der Waals surface area contributed by atoms with Crippen LogP contribution >= 0.6 is 11.3 Å². The molecule has 0 fully saturated rings. The zero-order valence-corrected chi connectivity index (χ0v) is 18.3. The SMILES string of the molecule is CCOCCn1c(=NC(=O)Cc2cccc(OC)c2)sc2cc(S(N)(=O)=O)ccc21. The van der Waals surface area contributed by atoms with Crippen LogP contribution in [0.15, 0.2) is 52.4 Å². The van der Waals surface area contributed by atoms with Crippen molar-refractivity contribution < 1.29 is 22.7 Å². The highest BCUT2D eigenvalue weighted by atomic mass is 32.2. The number of amides is 1. The number of ether oxygens (including phenoxy) is 2. The van der Waals surface area contributed by atoms with Gasteiger partial charge < -0.3 is 14.0 Å². The van der Waals surface area contributed by atoms with E-state index in [1.165, 1.54) is 23.5 Å². The van der Waals surface area contributed by atoms with Crippen molar-refractivity contribution >= 4 is 37.5 Å². The summed E-state index contributed by atoms with van der Waals surface area (Å²) in [7, 11) is -2.26. The van der Waals surface area contributed by atoms with Crippen molar-refractivity contribution in [3.63, 3.8) is 0 Å². The number of carbonyl (C=O) groups is 1. The molecule has 0 saturated carbocycles. The Morgan fingerprint density at radius 3 is 2.73 bits per heavy atom. The largest absolute Gasteiger partial charge is 0.497 e. The van der Waals surface area contributed by atoms with Gasteiger partial charge in [-0.05, 0) is 42.8 Å². The number of primary sulfonamides is 1. The van der Waals surface area contributed by atoms with Crippen molar-refractivity contribution in [2.45, 2.75) is 24.8 Å². The molecule has 8 nitrogen and oxygen atoms in total. The Labute approximate surface area is 178 Å². The number of methoxy groups -OCH3 is 1. The van der Waals surface area contributed by atoms with Gasteiger partial charge in [-0.25, -0.2) is 13.6 Å². The number of hydrogen-bond donors (Lipinski definition) is 1. The fraction of sp³-hybridized carbons (Fsp3) is 0.300. The van der Waals surface area contributed by atoms with Gasteiger partial charge in [-0.1, -0.05) is 23.5 Å². The average molecular weight is 450 g/mol. The molecule has 160 valence electrons. The topological polar surface area (TPSA) is 113 Å². The molecule has 0 unspecified atom stereocenters. The van der Waals surface area contributed by atoms with E-state index in [2.05, 4.69) is 4.99 Å². The molecule has 1 amide bonds. The summed E-state index contributed by atoms with van der Waals surface area (Å²) in [6.07, 6.45) is 0.124. The third kappa shape index (κ3) is 5.33. The zero-order chi connectivity index (χ0) is 21.7. The van der Waals surface area contributed by atoms with Crippen LogP contribution in [0, 0.1) is 0 Å². The number of carbonyl (C=O) groups excluding carboxylic acids is 1. The van der Waals surface area contributed by atoms with Gasteiger partial charge in [-0.2, -0.15) is 4.99 Å². The van der Waals surface area contributed by atoms with Crippen LogP contribution in [0.5, 0.6) is 5.75 Å². The molecule has 3 rings (SSSR count). The molecule has 30 heavy (non-hydrogen) atoms. The first kappa shape index (κ1) is 22.2. The minimum atomic E-state index is -3.83. The summed E-state index contributed by atoms with van der Waals surface area (Å²) in [4.78, 5) is 17.4. The highest BCUT2D eigenvalue weighted by Gasteiger charge is 2.13. The van der Waals surface area contributed by atoms with E-state index >= 15 is 0 Å². The van der Waals surface area contributed by atoms with Gasteiger partial charge in [0.15, 0.2) is 4.80 Å². The first-order valence-corrected chi connectivity index (χ1v) is 11.6. The van der Waals surface area contributed by atoms with E-state index in [9.17, 15) is 13.2 Å². The van der Waals surface area contributed by atoms with Crippen molar-refractivity contribution in [3.8, 4) is 5.75 Å². The molecule has 0 spiro atoms. The summed E-state index contributed by atoms with van der Waals surface area (Å²) in [5.41, 5.74) is 1.56. The van der Waals surface area contributed by atoms with E-state index in [-0.39, 0.29) is 17.2 Å². The van der Waals surface area contributed by atoms with Gasteiger partial charge in [-0.3, -0.25) is 4.79 Å². The first-order valence-electron chi connectivity index (χ1n) is 9.26. The Morgan fingerprint density at radius 2 is 2.03 bits per heavy atom. The predicted molar refractivity (Wildman–Crippen MR) is 115 cm³/mol. The molecule has 1 heterocycles. The molecule has 0 bridgehead atoms. The second-order valence-corrected chi connectivity index (χ2v) is 9.01. The molecule has 0 aliphatic heterocycles. The maximum atomic E-state index is 12.6. The van der Waals surface area contributed by atoms with Crippen LogP contribution in [0.25, 0.3) is 10.2 Å². The van der Waals surface area contributed by atoms with Crippen molar-refractivity contribution in [2.75, 3.05) is 20.3 Å². The van der Waals surface area contributed by atoms with E-state index in [0.717, 1.165) is 11.1 Å². The fourth-order valence-corrected chi connectivity index (χ4v) is 4.66. The van der Waals surface area contributed by atoms with Crippen LogP contribution in [0.4, 0.5) is 0 Å². The molecule has 2 N–H and O–H groups in total. The number of benzene rings is 2. The van der Waals surface area contributed by atoms with Crippen LogP contribution in [0.3, 0.4) is 0 Å². The van der Waals surface area contributed by atoms with Crippen LogP contribution < -0.4 is 14.7 Å². The van der Waals surface area contributed by atoms with Crippen molar-refractivity contribution in [3.05, 3.63) is 52.8 Å². The van der Waals surface area contributed by atoms with Gasteiger partial charge in [-0.15, -0.1) is 0 Å². The number of fused-ring (bicyclic) bond motifs is 1. The quantitative estimate of drug-likeness (QED) is 0.529. The lowest BCUT2D eigenvalue weighted by Gasteiger charge is -2.06. The zero-order valence-electron chi connectivity index (χ0n) is 16.7. The number of sulfonamides is 1. The standard InChI is InChI=1S/C20H23N3O5S2/c1-3-28-10-9-23-17-8-7-16(30(21,25)26)13-18(17)29-20(23)22-19(24)12-14-5-4-6-15(11-14)27-2/h4-8,11,13H,3,9-10,12H2,1-2H3,(H2,21,25,26). The molecule has 0 saturated heterocycles. The molecule has 1 aromatic heterocycles. The Kier molecular flexibility index (Phi) is 7.03. The number of hydrogen-bond acceptors (Lipinski definition) is 6. The van der Waals surface area contributed by atoms with E-state index in [1.807, 2.05) is 29.7 Å². The van der Waals surface area contributed by atoms with Crippen LogP contribution in [0.2, 0.25) is 0 Å². The molecule has 10 heteroatoms. The third-order valence-electron chi connectivity index (χ3n) is 4.36. The highest BCUT2D eigenvalue weighted by Crippen LogP contribution is 2.21. The minimum Gasteiger partial charge on any atom is -0.497 e. The second-order valence-electron chi connectivity index (χ2n) is 6.44. The Morgan fingerprint density at radius 1 is 1.23 bits per heavy atom. The first-order chi connectivity index (χ1) is 14.3. The molecule has 3 aromatic rings. The highest BCUT2D eigenvalue weighted by molar-refractivity contribution is 7.89. The molecule has 0 aliphatic carbocycles. The Balaban J connectivity index is 2.00. The number of thiazole rings is 1. The molecule has 0 radical (unpaired) electrons.